The zero-order valence-corrected chi connectivity index (χ0v) is 4.66. The fraction of sp³-hybridized carbons (Fsp3) is 0.250. The van der Waals surface area contributed by atoms with Crippen LogP contribution in [0.25, 0.3) is 0 Å². The van der Waals surface area contributed by atoms with Crippen molar-refractivity contribution >= 4 is 11.3 Å². The Hall–Kier alpha value is -0.570. The molecule has 0 spiro atoms. The van der Waals surface area contributed by atoms with Crippen LogP contribution in [0.5, 0.6) is 0 Å². The molecule has 7 heavy (non-hydrogen) atoms. The zero-order chi connectivity index (χ0) is 5.28. The minimum Gasteiger partial charge on any atom is -0.617 e. The number of hydrogen-bond donors (Lipinski definition) is 0. The number of aryl methyl sites for hydroxylation is 1. The minimum atomic E-state index is 0.713. The van der Waals surface area contributed by atoms with Crippen LogP contribution in [-0.4, -0.2) is 0 Å². The standard InChI is InChI=1S/C4H4NOS/c1-4-2-7-3-5(4)6/h2H,1H3. The molecule has 3 heteroatoms. The van der Waals surface area contributed by atoms with Gasteiger partial charge in [-0.15, -0.1) is 0 Å². The van der Waals surface area contributed by atoms with Crippen molar-refractivity contribution in [2.75, 3.05) is 0 Å². The molecular weight excluding hydrogens is 110 g/mol. The fourth-order valence-electron chi connectivity index (χ4n) is 0.279. The summed E-state index contributed by atoms with van der Waals surface area (Å²) in [5, 5.41) is 12.0. The molecule has 0 aromatic carbocycles. The van der Waals surface area contributed by atoms with Gasteiger partial charge in [0.25, 0.3) is 0 Å². The molecule has 1 rings (SSSR count). The average molecular weight is 114 g/mol. The van der Waals surface area contributed by atoms with Gasteiger partial charge in [-0.05, 0) is 0 Å². The number of hydrogen-bond acceptors (Lipinski definition) is 2. The fourth-order valence-corrected chi connectivity index (χ4v) is 0.838. The number of aromatic nitrogens is 1. The van der Waals surface area contributed by atoms with E-state index in [1.807, 2.05) is 0 Å². The Kier molecular flexibility index (Phi) is 0.982. The first-order valence-electron chi connectivity index (χ1n) is 1.86. The Morgan fingerprint density at radius 2 is 2.71 bits per heavy atom. The van der Waals surface area contributed by atoms with Crippen molar-refractivity contribution in [1.29, 1.82) is 0 Å². The summed E-state index contributed by atoms with van der Waals surface area (Å²) in [4.78, 5) is 0. The average Bonchev–Trinajstić information content (AvgIpc) is 1.91. The van der Waals surface area contributed by atoms with Crippen molar-refractivity contribution in [2.24, 2.45) is 0 Å². The Balaban J connectivity index is 3.12. The van der Waals surface area contributed by atoms with E-state index in [2.05, 4.69) is 5.51 Å². The van der Waals surface area contributed by atoms with Gasteiger partial charge in [-0.1, -0.05) is 11.3 Å². The molecule has 37 valence electrons. The highest BCUT2D eigenvalue weighted by Gasteiger charge is 1.95. The molecular formula is C4H4NOS. The summed E-state index contributed by atoms with van der Waals surface area (Å²) < 4.78 is 0.727. The van der Waals surface area contributed by atoms with Crippen LogP contribution in [0.1, 0.15) is 5.69 Å². The lowest BCUT2D eigenvalue weighted by atomic mass is 10.6. The second-order valence-corrected chi connectivity index (χ2v) is 1.92. The maximum atomic E-state index is 10.3. The van der Waals surface area contributed by atoms with Crippen molar-refractivity contribution in [3.05, 3.63) is 21.8 Å². The lowest BCUT2D eigenvalue weighted by molar-refractivity contribution is -0.610. The van der Waals surface area contributed by atoms with E-state index in [4.69, 9.17) is 0 Å². The van der Waals surface area contributed by atoms with E-state index >= 15 is 0 Å². The van der Waals surface area contributed by atoms with Gasteiger partial charge in [0.2, 0.25) is 5.69 Å². The van der Waals surface area contributed by atoms with Gasteiger partial charge < -0.3 is 5.21 Å². The van der Waals surface area contributed by atoms with E-state index in [9.17, 15) is 5.21 Å². The van der Waals surface area contributed by atoms with E-state index in [1.54, 1.807) is 12.3 Å². The smallest absolute Gasteiger partial charge is 0.358 e. The van der Waals surface area contributed by atoms with E-state index < -0.39 is 0 Å². The van der Waals surface area contributed by atoms with Crippen LogP contribution in [0.2, 0.25) is 0 Å². The third kappa shape index (κ3) is 0.718. The molecule has 0 aliphatic carbocycles. The molecule has 1 aromatic heterocycles. The van der Waals surface area contributed by atoms with Crippen LogP contribution in [0, 0.1) is 17.6 Å². The van der Waals surface area contributed by atoms with Gasteiger partial charge in [0.05, 0.1) is 5.38 Å². The van der Waals surface area contributed by atoms with Crippen molar-refractivity contribution < 1.29 is 4.73 Å². The molecule has 0 amide bonds. The first-order chi connectivity index (χ1) is 3.30. The van der Waals surface area contributed by atoms with Crippen LogP contribution in [0.3, 0.4) is 0 Å². The van der Waals surface area contributed by atoms with Crippen LogP contribution >= 0.6 is 11.3 Å². The van der Waals surface area contributed by atoms with Crippen LogP contribution < -0.4 is 4.73 Å². The van der Waals surface area contributed by atoms with Crippen molar-refractivity contribution in [1.82, 2.24) is 0 Å². The third-order valence-electron chi connectivity index (χ3n) is 0.685. The Labute approximate surface area is 45.6 Å². The Bertz CT molecular complexity index is 144. The highest BCUT2D eigenvalue weighted by Crippen LogP contribution is 1.92. The lowest BCUT2D eigenvalue weighted by Gasteiger charge is -1.84. The van der Waals surface area contributed by atoms with Gasteiger partial charge in [0.1, 0.15) is 0 Å². The van der Waals surface area contributed by atoms with Crippen LogP contribution in [-0.2, 0) is 0 Å². The second kappa shape index (κ2) is 1.50. The number of rotatable bonds is 0. The number of nitrogens with zero attached hydrogens (tertiary/aromatic N) is 1. The van der Waals surface area contributed by atoms with Gasteiger partial charge in [0.15, 0.2) is 0 Å². The summed E-state index contributed by atoms with van der Waals surface area (Å²) in [7, 11) is 0. The maximum absolute atomic E-state index is 10.3. The van der Waals surface area contributed by atoms with Gasteiger partial charge in [0, 0.05) is 6.92 Å². The quantitative estimate of drug-likeness (QED) is 0.356. The molecule has 0 fully saturated rings. The SMILES string of the molecule is Cc1cs[c][n+]1[O-]. The summed E-state index contributed by atoms with van der Waals surface area (Å²) in [6, 6.07) is 0. The van der Waals surface area contributed by atoms with E-state index in [1.165, 1.54) is 11.3 Å². The third-order valence-corrected chi connectivity index (χ3v) is 1.42. The highest BCUT2D eigenvalue weighted by atomic mass is 32.1. The molecule has 0 aliphatic rings. The zero-order valence-electron chi connectivity index (χ0n) is 3.84. The van der Waals surface area contributed by atoms with Crippen LogP contribution in [0.4, 0.5) is 0 Å². The topological polar surface area (TPSA) is 26.9 Å². The summed E-state index contributed by atoms with van der Waals surface area (Å²) in [5.41, 5.74) is 3.18. The lowest BCUT2D eigenvalue weighted by Crippen LogP contribution is -2.25. The van der Waals surface area contributed by atoms with Crippen molar-refractivity contribution in [3.63, 3.8) is 0 Å². The molecule has 0 bridgehead atoms. The predicted molar refractivity (Wildman–Crippen MR) is 26.9 cm³/mol. The van der Waals surface area contributed by atoms with Crippen LogP contribution in [0.15, 0.2) is 5.38 Å². The Morgan fingerprint density at radius 3 is 2.86 bits per heavy atom. The van der Waals surface area contributed by atoms with Gasteiger partial charge in [-0.25, -0.2) is 0 Å². The molecule has 0 saturated carbocycles. The Morgan fingerprint density at radius 1 is 2.00 bits per heavy atom. The normalized spacial score (nSPS) is 9.29. The molecule has 0 N–H and O–H groups in total. The first kappa shape index (κ1) is 4.59. The molecule has 0 unspecified atom stereocenters. The summed E-state index contributed by atoms with van der Waals surface area (Å²) in [5.74, 6) is 0. The van der Waals surface area contributed by atoms with Gasteiger partial charge in [-0.2, -0.15) is 4.73 Å². The molecule has 1 aromatic rings. The maximum Gasteiger partial charge on any atom is 0.358 e. The van der Waals surface area contributed by atoms with Crippen molar-refractivity contribution in [2.45, 2.75) is 6.92 Å². The molecule has 0 saturated heterocycles. The molecule has 1 radical (unpaired) electrons. The van der Waals surface area contributed by atoms with Crippen molar-refractivity contribution in [3.8, 4) is 0 Å². The number of thiazole rings is 1. The molecule has 2 nitrogen and oxygen atoms in total. The summed E-state index contributed by atoms with van der Waals surface area (Å²) >= 11 is 1.29. The monoisotopic (exact) mass is 114 g/mol. The second-order valence-electron chi connectivity index (χ2n) is 1.26. The predicted octanol–water partition coefficient (Wildman–Crippen LogP) is 0.490. The largest absolute Gasteiger partial charge is 0.617 e. The molecule has 0 aliphatic heterocycles. The van der Waals surface area contributed by atoms with Gasteiger partial charge >= 0.3 is 5.51 Å². The summed E-state index contributed by atoms with van der Waals surface area (Å²) in [6.45, 7) is 1.75. The highest BCUT2D eigenvalue weighted by molar-refractivity contribution is 7.06. The summed E-state index contributed by atoms with van der Waals surface area (Å²) in [6.07, 6.45) is 0. The first-order valence-corrected chi connectivity index (χ1v) is 2.74. The van der Waals surface area contributed by atoms with E-state index in [-0.39, 0.29) is 0 Å². The molecule has 0 atom stereocenters. The van der Waals surface area contributed by atoms with Gasteiger partial charge in [-0.3, -0.25) is 0 Å². The minimum absolute atomic E-state index is 0.713. The molecule has 1 heterocycles. The van der Waals surface area contributed by atoms with E-state index in [0.29, 0.717) is 5.69 Å². The van der Waals surface area contributed by atoms with E-state index in [0.717, 1.165) is 4.73 Å².